The van der Waals surface area contributed by atoms with Gasteiger partial charge in [0, 0.05) is 108 Å². The fourth-order valence-corrected chi connectivity index (χ4v) is 9.28. The molecule has 0 aliphatic carbocycles. The summed E-state index contributed by atoms with van der Waals surface area (Å²) in [5.74, 6) is 0.300. The van der Waals surface area contributed by atoms with Crippen molar-refractivity contribution < 1.29 is 23.6 Å². The highest BCUT2D eigenvalue weighted by Crippen LogP contribution is 2.37. The molecule has 65 heavy (non-hydrogen) atoms. The highest BCUT2D eigenvalue weighted by molar-refractivity contribution is 6.34. The monoisotopic (exact) mass is 952 g/mol. The molecule has 3 N–H and O–H groups in total. The number of amides is 1. The molecule has 0 saturated carbocycles. The molecule has 1 saturated heterocycles. The number of carboxylic acids is 1. The third kappa shape index (κ3) is 9.65. The van der Waals surface area contributed by atoms with Crippen molar-refractivity contribution in [1.82, 2.24) is 20.0 Å². The maximum atomic E-state index is 13.5. The van der Waals surface area contributed by atoms with Gasteiger partial charge in [-0.15, -0.1) is 0 Å². The van der Waals surface area contributed by atoms with Crippen LogP contribution in [0.1, 0.15) is 56.3 Å². The van der Waals surface area contributed by atoms with Crippen LogP contribution < -0.4 is 20.4 Å². The standard InChI is InChI=1S/C27H24Cl2FN5O2.C21H17Cl2N3O2/c28-19-1-4-22(29)18(11-19)15-35-10-7-31-26-23(35)12-17(14-32-26)27(36)34-8-5-16(6-9-34)25-21-3-2-20(30)13-24(21)37-33-25;22-15-5-6-18(23)14(9-15)12-26-8-7-24-20-19(26)10-13(11-25-20)16-3-1-2-4-17(16)21(27)28/h1-4,11-14,16H,5-10,15H2,(H,31,32);1-6,9-11H,7-8,12H2,(H,24,25)(H,27,28). The second kappa shape index (κ2) is 19.2. The van der Waals surface area contributed by atoms with Crippen molar-refractivity contribution in [2.75, 3.05) is 59.7 Å². The Kier molecular flexibility index (Phi) is 13.0. The summed E-state index contributed by atoms with van der Waals surface area (Å²) in [4.78, 5) is 40.3. The van der Waals surface area contributed by atoms with Crippen molar-refractivity contribution in [1.29, 1.82) is 0 Å². The Balaban J connectivity index is 0.000000171. The van der Waals surface area contributed by atoms with Gasteiger partial charge in [0.05, 0.1) is 28.2 Å². The highest BCUT2D eigenvalue weighted by atomic mass is 35.5. The maximum absolute atomic E-state index is 13.5. The van der Waals surface area contributed by atoms with Crippen LogP contribution in [0.4, 0.5) is 27.4 Å². The molecule has 1 fully saturated rings. The largest absolute Gasteiger partial charge is 0.478 e. The van der Waals surface area contributed by atoms with Crippen LogP contribution in [0.25, 0.3) is 22.1 Å². The van der Waals surface area contributed by atoms with Crippen molar-refractivity contribution in [2.24, 2.45) is 0 Å². The number of carboxylic acid groups (broad SMARTS) is 1. The predicted molar refractivity (Wildman–Crippen MR) is 255 cm³/mol. The van der Waals surface area contributed by atoms with Gasteiger partial charge >= 0.3 is 5.97 Å². The molecule has 12 nitrogen and oxygen atoms in total. The van der Waals surface area contributed by atoms with Gasteiger partial charge < -0.3 is 35.0 Å². The van der Waals surface area contributed by atoms with E-state index in [4.69, 9.17) is 50.9 Å². The summed E-state index contributed by atoms with van der Waals surface area (Å²) in [5.41, 5.74) is 7.08. The summed E-state index contributed by atoms with van der Waals surface area (Å²) < 4.78 is 18.8. The van der Waals surface area contributed by atoms with Crippen LogP contribution in [0.5, 0.6) is 0 Å². The Morgan fingerprint density at radius 1 is 0.738 bits per heavy atom. The summed E-state index contributed by atoms with van der Waals surface area (Å²) in [7, 11) is 0. The number of piperidine rings is 1. The molecule has 0 unspecified atom stereocenters. The molecule has 10 rings (SSSR count). The lowest BCUT2D eigenvalue weighted by molar-refractivity contribution is 0.0693. The Morgan fingerprint density at radius 3 is 2.00 bits per heavy atom. The predicted octanol–water partition coefficient (Wildman–Crippen LogP) is 11.3. The van der Waals surface area contributed by atoms with Crippen LogP contribution in [0.2, 0.25) is 20.1 Å². The number of rotatable bonds is 8. The van der Waals surface area contributed by atoms with Gasteiger partial charge in [-0.1, -0.05) is 69.8 Å². The van der Waals surface area contributed by atoms with E-state index >= 15 is 0 Å². The number of aromatic nitrogens is 3. The van der Waals surface area contributed by atoms with Gasteiger partial charge in [-0.3, -0.25) is 4.79 Å². The summed E-state index contributed by atoms with van der Waals surface area (Å²) in [6.45, 7) is 5.34. The van der Waals surface area contributed by atoms with E-state index in [1.54, 1.807) is 60.9 Å². The van der Waals surface area contributed by atoms with E-state index in [0.29, 0.717) is 63.0 Å². The zero-order chi connectivity index (χ0) is 45.2. The zero-order valence-corrected chi connectivity index (χ0v) is 37.7. The van der Waals surface area contributed by atoms with Crippen molar-refractivity contribution in [3.8, 4) is 11.1 Å². The first-order chi connectivity index (χ1) is 31.5. The first-order valence-electron chi connectivity index (χ1n) is 21.0. The number of carbonyl (C=O) groups excluding carboxylic acids is 1. The third-order valence-corrected chi connectivity index (χ3v) is 13.1. The van der Waals surface area contributed by atoms with Crippen LogP contribution in [0.3, 0.4) is 0 Å². The molecule has 3 aliphatic heterocycles. The molecule has 3 aliphatic rings. The van der Waals surface area contributed by atoms with Crippen molar-refractivity contribution in [3.05, 3.63) is 157 Å². The summed E-state index contributed by atoms with van der Waals surface area (Å²) >= 11 is 25.1. The number of nitrogens with one attached hydrogen (secondary N) is 2. The smallest absolute Gasteiger partial charge is 0.336 e. The number of fused-ring (bicyclic) bond motifs is 3. The fourth-order valence-electron chi connectivity index (χ4n) is 8.54. The Hall–Kier alpha value is -6.12. The van der Waals surface area contributed by atoms with Gasteiger partial charge in [0.1, 0.15) is 17.5 Å². The number of pyridine rings is 2. The minimum atomic E-state index is -0.964. The maximum Gasteiger partial charge on any atom is 0.336 e. The van der Waals surface area contributed by atoms with Gasteiger partial charge in [0.25, 0.3) is 5.91 Å². The molecule has 3 aromatic heterocycles. The number of aromatic carboxylic acids is 1. The van der Waals surface area contributed by atoms with Crippen molar-refractivity contribution in [2.45, 2.75) is 31.8 Å². The molecule has 0 radical (unpaired) electrons. The molecule has 0 atom stereocenters. The molecule has 7 aromatic rings. The lowest BCUT2D eigenvalue weighted by Gasteiger charge is -2.33. The number of hydrogen-bond acceptors (Lipinski definition) is 10. The van der Waals surface area contributed by atoms with E-state index in [2.05, 4.69) is 35.6 Å². The van der Waals surface area contributed by atoms with Gasteiger partial charge in [-0.2, -0.15) is 0 Å². The van der Waals surface area contributed by atoms with Crippen molar-refractivity contribution >= 4 is 92.3 Å². The second-order valence-electron chi connectivity index (χ2n) is 16.0. The normalized spacial score (nSPS) is 14.8. The minimum Gasteiger partial charge on any atom is -0.478 e. The second-order valence-corrected chi connectivity index (χ2v) is 17.7. The average Bonchev–Trinajstić information content (AvgIpc) is 3.74. The van der Waals surface area contributed by atoms with Gasteiger partial charge in [-0.25, -0.2) is 19.2 Å². The SMILES string of the molecule is O=C(O)c1ccccc1-c1cnc2c(c1)N(Cc1cc(Cl)ccc1Cl)CCN2.O=C(c1cnc2c(c1)N(Cc1cc(Cl)ccc1Cl)CCN2)N1CCC(c2noc3cc(F)ccc23)CC1. The van der Waals surface area contributed by atoms with E-state index in [1.165, 1.54) is 12.1 Å². The zero-order valence-electron chi connectivity index (χ0n) is 34.7. The molecular weight excluding hydrogens is 913 g/mol. The van der Waals surface area contributed by atoms with Crippen LogP contribution in [-0.4, -0.2) is 76.3 Å². The Morgan fingerprint density at radius 2 is 1.35 bits per heavy atom. The Bertz CT molecular complexity index is 2930. The molecule has 332 valence electrons. The molecule has 0 bridgehead atoms. The van der Waals surface area contributed by atoms with Crippen molar-refractivity contribution in [3.63, 3.8) is 0 Å². The number of carbonyl (C=O) groups is 2. The quantitative estimate of drug-likeness (QED) is 0.134. The lowest BCUT2D eigenvalue weighted by atomic mass is 9.91. The Labute approximate surface area is 393 Å². The average molecular weight is 955 g/mol. The van der Waals surface area contributed by atoms with Gasteiger partial charge in [0.2, 0.25) is 0 Å². The molecule has 1 amide bonds. The number of anilines is 4. The van der Waals surface area contributed by atoms with E-state index in [-0.39, 0.29) is 23.2 Å². The summed E-state index contributed by atoms with van der Waals surface area (Å²) in [5, 5.41) is 23.7. The third-order valence-electron chi connectivity index (χ3n) is 11.8. The van der Waals surface area contributed by atoms with Crippen LogP contribution >= 0.6 is 46.4 Å². The molecule has 0 spiro atoms. The molecule has 17 heteroatoms. The number of likely N-dealkylation sites (tertiary alicyclic amines) is 1. The van der Waals surface area contributed by atoms with Crippen LogP contribution in [0.15, 0.2) is 108 Å². The van der Waals surface area contributed by atoms with Crippen LogP contribution in [-0.2, 0) is 13.1 Å². The molecule has 4 aromatic carbocycles. The first-order valence-corrected chi connectivity index (χ1v) is 22.5. The summed E-state index contributed by atoms with van der Waals surface area (Å²) in [6, 6.07) is 26.1. The number of benzene rings is 4. The molecular formula is C48H41Cl4FN8O4. The highest BCUT2D eigenvalue weighted by Gasteiger charge is 2.30. The molecule has 6 heterocycles. The first kappa shape index (κ1) is 44.1. The number of nitrogens with zero attached hydrogens (tertiary/aromatic N) is 6. The minimum absolute atomic E-state index is 0.0489. The van der Waals surface area contributed by atoms with Gasteiger partial charge in [-0.05, 0) is 96.3 Å². The number of hydrogen-bond donors (Lipinski definition) is 3. The lowest BCUT2D eigenvalue weighted by Crippen LogP contribution is -2.38. The van der Waals surface area contributed by atoms with Crippen LogP contribution in [0, 0.1) is 5.82 Å². The van der Waals surface area contributed by atoms with E-state index in [1.807, 2.05) is 35.2 Å². The van der Waals surface area contributed by atoms with Gasteiger partial charge in [0.15, 0.2) is 5.58 Å². The van der Waals surface area contributed by atoms with E-state index in [0.717, 1.165) is 89.8 Å². The van der Waals surface area contributed by atoms with E-state index in [9.17, 15) is 19.1 Å². The number of halogens is 5. The topological polar surface area (TPSA) is 140 Å². The summed E-state index contributed by atoms with van der Waals surface area (Å²) in [6.07, 6.45) is 4.84. The fraction of sp³-hybridized carbons (Fsp3) is 0.229. The van der Waals surface area contributed by atoms with E-state index < -0.39 is 5.97 Å².